The van der Waals surface area contributed by atoms with E-state index in [0.717, 1.165) is 0 Å². The van der Waals surface area contributed by atoms with Crippen LogP contribution >= 0.6 is 209 Å². The van der Waals surface area contributed by atoms with Crippen LogP contribution in [0, 0.1) is 17.8 Å². The molecule has 3 saturated carbocycles. The summed E-state index contributed by atoms with van der Waals surface area (Å²) in [5.74, 6) is -6.94. The van der Waals surface area contributed by atoms with Gasteiger partial charge in [0.2, 0.25) is 0 Å². The molecular formula is C24H9Cl18FeO6. The Morgan fingerprint density at radius 3 is 0.714 bits per heavy atom. The zero-order valence-corrected chi connectivity index (χ0v) is 37.2. The Balaban J connectivity index is 0.000000197. The van der Waals surface area contributed by atoms with E-state index in [1.54, 1.807) is 0 Å². The SMILES string of the molecule is O=C([O-])C1=C(Cl)C2(Cl)CC1C(Cl)(Cl)C2(Cl)Cl.O=C([O-])C1=C(Cl)C2(Cl)CC1C(Cl)(Cl)C2(Cl)Cl.O=C([O-])C1=C(Cl)C2(Cl)CC1C(Cl)(Cl)C2(Cl)Cl.[Fe+3]. The van der Waals surface area contributed by atoms with Gasteiger partial charge in [-0.15, -0.1) is 34.8 Å². The van der Waals surface area contributed by atoms with Gasteiger partial charge in [0.25, 0.3) is 0 Å². The van der Waals surface area contributed by atoms with Crippen molar-refractivity contribution in [3.8, 4) is 0 Å². The van der Waals surface area contributed by atoms with Crippen LogP contribution < -0.4 is 15.3 Å². The molecule has 6 unspecified atom stereocenters. The van der Waals surface area contributed by atoms with Gasteiger partial charge in [-0.05, 0) is 36.0 Å². The molecule has 6 rings (SSSR count). The first kappa shape index (κ1) is 46.7. The largest absolute Gasteiger partial charge is 3.00 e. The number of allylic oxidation sites excluding steroid dienone is 3. The van der Waals surface area contributed by atoms with Crippen molar-refractivity contribution in [2.75, 3.05) is 0 Å². The van der Waals surface area contributed by atoms with Crippen LogP contribution in [-0.2, 0) is 31.5 Å². The molecule has 6 aliphatic carbocycles. The molecule has 0 saturated heterocycles. The summed E-state index contributed by atoms with van der Waals surface area (Å²) >= 11 is 108. The topological polar surface area (TPSA) is 120 Å². The van der Waals surface area contributed by atoms with Crippen LogP contribution in [0.3, 0.4) is 0 Å². The molecule has 0 aromatic rings. The normalized spacial score (nSPS) is 38.4. The second-order valence-electron chi connectivity index (χ2n) is 11.3. The van der Waals surface area contributed by atoms with E-state index >= 15 is 0 Å². The Labute approximate surface area is 378 Å². The number of carboxylic acids is 3. The molecule has 6 nitrogen and oxygen atoms in total. The number of carboxylic acid groups (broad SMARTS) is 3. The van der Waals surface area contributed by atoms with Crippen LogP contribution in [0.2, 0.25) is 0 Å². The zero-order chi connectivity index (χ0) is 37.5. The predicted molar refractivity (Wildman–Crippen MR) is 190 cm³/mol. The van der Waals surface area contributed by atoms with Gasteiger partial charge in [0.1, 0.15) is 14.6 Å². The molecule has 275 valence electrons. The maximum Gasteiger partial charge on any atom is 3.00 e. The smallest absolute Gasteiger partial charge is 0.545 e. The van der Waals surface area contributed by atoms with Gasteiger partial charge in [-0.25, -0.2) is 0 Å². The van der Waals surface area contributed by atoms with E-state index in [-0.39, 0.29) is 68.1 Å². The van der Waals surface area contributed by atoms with E-state index in [1.165, 1.54) is 0 Å². The number of carbonyl (C=O) groups excluding carboxylic acids is 3. The molecule has 0 heterocycles. The van der Waals surface area contributed by atoms with Gasteiger partial charge in [-0.3, -0.25) is 0 Å². The summed E-state index contributed by atoms with van der Waals surface area (Å²) in [6, 6.07) is 0. The molecule has 3 fully saturated rings. The molecule has 0 N–H and O–H groups in total. The molecule has 6 atom stereocenters. The van der Waals surface area contributed by atoms with Crippen molar-refractivity contribution in [3.63, 3.8) is 0 Å². The van der Waals surface area contributed by atoms with Gasteiger partial charge < -0.3 is 29.7 Å². The fourth-order valence-electron chi connectivity index (χ4n) is 6.39. The standard InChI is InChI=1S/3C8H4Cl6O2.Fe/c3*9-4-3(5(15)16)2-1-6(4,10)8(13,14)7(2,11)12;/h3*2H,1H2,(H,15,16);/q;;;+3/p-3. The van der Waals surface area contributed by atoms with E-state index in [4.69, 9.17) is 209 Å². The number of rotatable bonds is 3. The predicted octanol–water partition coefficient (Wildman–Crippen LogP) is 7.76. The van der Waals surface area contributed by atoms with Crippen molar-refractivity contribution in [1.82, 2.24) is 0 Å². The maximum atomic E-state index is 10.9. The van der Waals surface area contributed by atoms with Crippen molar-refractivity contribution in [3.05, 3.63) is 31.8 Å². The van der Waals surface area contributed by atoms with Crippen LogP contribution in [0.15, 0.2) is 31.8 Å². The average molecular weight is 1090 g/mol. The van der Waals surface area contributed by atoms with Gasteiger partial charge in [0, 0.05) is 32.9 Å². The van der Waals surface area contributed by atoms with Gasteiger partial charge in [-0.2, -0.15) is 0 Å². The van der Waals surface area contributed by atoms with Crippen LogP contribution in [0.1, 0.15) is 19.3 Å². The van der Waals surface area contributed by atoms with Crippen LogP contribution in [0.4, 0.5) is 0 Å². The molecule has 0 spiro atoms. The van der Waals surface area contributed by atoms with Crippen molar-refractivity contribution in [1.29, 1.82) is 0 Å². The minimum atomic E-state index is -1.76. The van der Waals surface area contributed by atoms with E-state index in [9.17, 15) is 29.7 Å². The Kier molecular flexibility index (Phi) is 13.4. The first-order valence-electron chi connectivity index (χ1n) is 12.4. The quantitative estimate of drug-likeness (QED) is 0.211. The summed E-state index contributed by atoms with van der Waals surface area (Å²) in [6.45, 7) is 0. The molecule has 0 aliphatic heterocycles. The van der Waals surface area contributed by atoms with E-state index in [1.807, 2.05) is 0 Å². The Morgan fingerprint density at radius 2 is 0.592 bits per heavy atom. The van der Waals surface area contributed by atoms with Gasteiger partial charge >= 0.3 is 17.1 Å². The first-order chi connectivity index (χ1) is 21.2. The van der Waals surface area contributed by atoms with Crippen LogP contribution in [0.25, 0.3) is 0 Å². The average Bonchev–Trinajstić information content (AvgIpc) is 3.60. The van der Waals surface area contributed by atoms with Crippen molar-refractivity contribution < 1.29 is 46.8 Å². The number of fused-ring (bicyclic) bond motifs is 6. The van der Waals surface area contributed by atoms with Gasteiger partial charge in [-0.1, -0.05) is 174 Å². The van der Waals surface area contributed by atoms with Crippen LogP contribution in [-0.4, -0.2) is 58.5 Å². The number of hydrogen-bond donors (Lipinski definition) is 0. The molecule has 6 aliphatic rings. The zero-order valence-electron chi connectivity index (χ0n) is 22.5. The Bertz CT molecular complexity index is 1440. The minimum absolute atomic E-state index is 0. The summed E-state index contributed by atoms with van der Waals surface area (Å²) in [6.07, 6.45) is 0.199. The molecule has 49 heavy (non-hydrogen) atoms. The monoisotopic (exact) mass is 1080 g/mol. The molecule has 0 amide bonds. The molecule has 1 radical (unpaired) electrons. The fourth-order valence-corrected chi connectivity index (χ4v) is 13.4. The van der Waals surface area contributed by atoms with Crippen LogP contribution in [0.5, 0.6) is 0 Å². The second-order valence-corrected chi connectivity index (χ2v) is 22.5. The third-order valence-corrected chi connectivity index (χ3v) is 21.5. The number of hydrogen-bond acceptors (Lipinski definition) is 6. The van der Waals surface area contributed by atoms with Gasteiger partial charge in [0.05, 0.1) is 17.9 Å². The Morgan fingerprint density at radius 1 is 0.429 bits per heavy atom. The van der Waals surface area contributed by atoms with E-state index < -0.39 is 76.3 Å². The minimum Gasteiger partial charge on any atom is -0.545 e. The number of alkyl halides is 15. The Hall–Kier alpha value is 3.37. The van der Waals surface area contributed by atoms with Crippen molar-refractivity contribution in [2.24, 2.45) is 17.8 Å². The third-order valence-electron chi connectivity index (χ3n) is 8.98. The van der Waals surface area contributed by atoms with E-state index in [2.05, 4.69) is 0 Å². The summed E-state index contributed by atoms with van der Waals surface area (Å²) in [7, 11) is 0. The second kappa shape index (κ2) is 14.0. The molecular weight excluding hydrogens is 1080 g/mol. The first-order valence-corrected chi connectivity index (χ1v) is 19.2. The van der Waals surface area contributed by atoms with Gasteiger partial charge in [0.15, 0.2) is 26.0 Å². The number of halogens is 18. The summed E-state index contributed by atoms with van der Waals surface area (Å²) in [4.78, 5) is 28.3. The summed E-state index contributed by atoms with van der Waals surface area (Å²) in [5.41, 5.74) is -0.671. The van der Waals surface area contributed by atoms with E-state index in [0.29, 0.717) is 0 Å². The fraction of sp³-hybridized carbons (Fsp3) is 0.625. The maximum absolute atomic E-state index is 10.9. The number of carbonyl (C=O) groups is 3. The molecule has 0 aromatic heterocycles. The summed E-state index contributed by atoms with van der Waals surface area (Å²) in [5, 5.41) is 32.3. The molecule has 0 aromatic carbocycles. The molecule has 25 heteroatoms. The third kappa shape index (κ3) is 6.01. The van der Waals surface area contributed by atoms with Crippen molar-refractivity contribution in [2.45, 2.75) is 59.9 Å². The molecule has 6 bridgehead atoms. The van der Waals surface area contributed by atoms with Crippen molar-refractivity contribution >= 4 is 227 Å². The number of aliphatic carboxylic acids is 3. The summed E-state index contributed by atoms with van der Waals surface area (Å²) < 4.78 is -10.4.